The Balaban J connectivity index is 2.36. The van der Waals surface area contributed by atoms with Gasteiger partial charge in [0.2, 0.25) is 0 Å². The summed E-state index contributed by atoms with van der Waals surface area (Å²) < 4.78 is 13.6. The molecule has 108 valence electrons. The standard InChI is InChI=1S/C15H12FNO4/c1-8-3-2-4-12(13(8)15(20)21)17-14(19)10-6-5-9(18)7-11(10)16/h2-7,18H,1H3,(H,17,19)(H,20,21). The third-order valence-corrected chi connectivity index (χ3v) is 2.93. The zero-order valence-electron chi connectivity index (χ0n) is 11.1. The van der Waals surface area contributed by atoms with Gasteiger partial charge in [-0.25, -0.2) is 9.18 Å². The lowest BCUT2D eigenvalue weighted by atomic mass is 10.1. The average Bonchev–Trinajstić information content (AvgIpc) is 2.37. The number of anilines is 1. The van der Waals surface area contributed by atoms with E-state index in [-0.39, 0.29) is 22.6 Å². The number of carbonyl (C=O) groups excluding carboxylic acids is 1. The van der Waals surface area contributed by atoms with Crippen LogP contribution in [-0.2, 0) is 0 Å². The van der Waals surface area contributed by atoms with E-state index in [4.69, 9.17) is 10.2 Å². The number of phenolic OH excluding ortho intramolecular Hbond substituents is 1. The van der Waals surface area contributed by atoms with Gasteiger partial charge in [-0.05, 0) is 30.7 Å². The summed E-state index contributed by atoms with van der Waals surface area (Å²) in [7, 11) is 0. The number of hydrogen-bond donors (Lipinski definition) is 3. The first-order chi connectivity index (χ1) is 9.90. The number of amides is 1. The Morgan fingerprint density at radius 3 is 2.52 bits per heavy atom. The van der Waals surface area contributed by atoms with E-state index in [2.05, 4.69) is 5.32 Å². The predicted octanol–water partition coefficient (Wildman–Crippen LogP) is 2.79. The molecule has 0 spiro atoms. The van der Waals surface area contributed by atoms with E-state index in [0.717, 1.165) is 12.1 Å². The Kier molecular flexibility index (Phi) is 3.89. The van der Waals surface area contributed by atoms with Gasteiger partial charge in [-0.1, -0.05) is 12.1 Å². The van der Waals surface area contributed by atoms with Crippen LogP contribution in [0.1, 0.15) is 26.3 Å². The third-order valence-electron chi connectivity index (χ3n) is 2.93. The van der Waals surface area contributed by atoms with Crippen LogP contribution in [0, 0.1) is 12.7 Å². The molecule has 0 saturated heterocycles. The fraction of sp³-hybridized carbons (Fsp3) is 0.0667. The summed E-state index contributed by atoms with van der Waals surface area (Å²) in [4.78, 5) is 23.2. The molecule has 21 heavy (non-hydrogen) atoms. The number of aryl methyl sites for hydroxylation is 1. The molecule has 5 nitrogen and oxygen atoms in total. The minimum Gasteiger partial charge on any atom is -0.508 e. The van der Waals surface area contributed by atoms with Gasteiger partial charge >= 0.3 is 5.97 Å². The number of rotatable bonds is 3. The molecule has 2 aromatic carbocycles. The number of hydrogen-bond acceptors (Lipinski definition) is 3. The summed E-state index contributed by atoms with van der Waals surface area (Å²) in [5.41, 5.74) is 0.224. The second-order valence-electron chi connectivity index (χ2n) is 4.42. The summed E-state index contributed by atoms with van der Waals surface area (Å²) in [6.07, 6.45) is 0. The lowest BCUT2D eigenvalue weighted by Gasteiger charge is -2.11. The molecule has 0 unspecified atom stereocenters. The maximum absolute atomic E-state index is 13.6. The van der Waals surface area contributed by atoms with Gasteiger partial charge in [0.15, 0.2) is 0 Å². The Bertz CT molecular complexity index is 728. The van der Waals surface area contributed by atoms with Crippen LogP contribution >= 0.6 is 0 Å². The zero-order valence-corrected chi connectivity index (χ0v) is 11.1. The predicted molar refractivity (Wildman–Crippen MR) is 74.2 cm³/mol. The normalized spacial score (nSPS) is 10.2. The first kappa shape index (κ1) is 14.5. The zero-order chi connectivity index (χ0) is 15.6. The van der Waals surface area contributed by atoms with Gasteiger partial charge in [0.05, 0.1) is 16.8 Å². The van der Waals surface area contributed by atoms with Crippen molar-refractivity contribution in [1.29, 1.82) is 0 Å². The van der Waals surface area contributed by atoms with Gasteiger partial charge in [-0.2, -0.15) is 0 Å². The number of halogens is 1. The number of carboxylic acid groups (broad SMARTS) is 1. The molecule has 0 heterocycles. The highest BCUT2D eigenvalue weighted by Crippen LogP contribution is 2.22. The summed E-state index contributed by atoms with van der Waals surface area (Å²) >= 11 is 0. The first-order valence-corrected chi connectivity index (χ1v) is 6.03. The fourth-order valence-corrected chi connectivity index (χ4v) is 1.93. The van der Waals surface area contributed by atoms with Gasteiger partial charge in [0.1, 0.15) is 11.6 Å². The minimum atomic E-state index is -1.19. The number of benzene rings is 2. The summed E-state index contributed by atoms with van der Waals surface area (Å²) in [6, 6.07) is 7.71. The summed E-state index contributed by atoms with van der Waals surface area (Å²) in [5.74, 6) is -3.17. The molecule has 0 fully saturated rings. The lowest BCUT2D eigenvalue weighted by molar-refractivity contribution is 0.0697. The van der Waals surface area contributed by atoms with Crippen molar-refractivity contribution in [1.82, 2.24) is 0 Å². The van der Waals surface area contributed by atoms with Crippen molar-refractivity contribution < 1.29 is 24.2 Å². The number of carbonyl (C=O) groups is 2. The highest BCUT2D eigenvalue weighted by Gasteiger charge is 2.17. The summed E-state index contributed by atoms with van der Waals surface area (Å²) in [5, 5.41) is 20.6. The van der Waals surface area contributed by atoms with Crippen molar-refractivity contribution in [3.8, 4) is 5.75 Å². The maximum Gasteiger partial charge on any atom is 0.338 e. The molecule has 0 aliphatic carbocycles. The monoisotopic (exact) mass is 289 g/mol. The highest BCUT2D eigenvalue weighted by molar-refractivity contribution is 6.08. The lowest BCUT2D eigenvalue weighted by Crippen LogP contribution is -2.16. The molecule has 0 aromatic heterocycles. The van der Waals surface area contributed by atoms with Gasteiger partial charge in [0.25, 0.3) is 5.91 Å². The molecule has 2 aromatic rings. The van der Waals surface area contributed by atoms with Gasteiger partial charge in [0, 0.05) is 6.07 Å². The number of carboxylic acids is 1. The van der Waals surface area contributed by atoms with Crippen molar-refractivity contribution in [2.24, 2.45) is 0 Å². The van der Waals surface area contributed by atoms with E-state index >= 15 is 0 Å². The van der Waals surface area contributed by atoms with Gasteiger partial charge < -0.3 is 15.5 Å². The van der Waals surface area contributed by atoms with E-state index in [1.165, 1.54) is 12.1 Å². The van der Waals surface area contributed by atoms with Crippen molar-refractivity contribution in [3.05, 3.63) is 58.9 Å². The van der Waals surface area contributed by atoms with E-state index in [1.54, 1.807) is 19.1 Å². The molecule has 0 saturated carbocycles. The molecule has 0 radical (unpaired) electrons. The van der Waals surface area contributed by atoms with Gasteiger partial charge in [-0.3, -0.25) is 4.79 Å². The molecule has 0 bridgehead atoms. The number of aromatic carboxylic acids is 1. The van der Waals surface area contributed by atoms with E-state index in [9.17, 15) is 14.0 Å². The van der Waals surface area contributed by atoms with Crippen molar-refractivity contribution in [3.63, 3.8) is 0 Å². The Morgan fingerprint density at radius 2 is 1.90 bits per heavy atom. The van der Waals surface area contributed by atoms with E-state index in [0.29, 0.717) is 5.56 Å². The van der Waals surface area contributed by atoms with Crippen LogP contribution in [0.25, 0.3) is 0 Å². The quantitative estimate of drug-likeness (QED) is 0.811. The second-order valence-corrected chi connectivity index (χ2v) is 4.42. The molecule has 0 aliphatic heterocycles. The van der Waals surface area contributed by atoms with Crippen molar-refractivity contribution >= 4 is 17.6 Å². The average molecular weight is 289 g/mol. The molecule has 6 heteroatoms. The Labute approximate surface area is 119 Å². The topological polar surface area (TPSA) is 86.6 Å². The third kappa shape index (κ3) is 3.00. The van der Waals surface area contributed by atoms with Crippen LogP contribution in [0.15, 0.2) is 36.4 Å². The highest BCUT2D eigenvalue weighted by atomic mass is 19.1. The van der Waals surface area contributed by atoms with Crippen molar-refractivity contribution in [2.75, 3.05) is 5.32 Å². The molecule has 1 amide bonds. The Hall–Kier alpha value is -2.89. The van der Waals surface area contributed by atoms with E-state index in [1.807, 2.05) is 0 Å². The Morgan fingerprint density at radius 1 is 1.19 bits per heavy atom. The molecular weight excluding hydrogens is 277 g/mol. The maximum atomic E-state index is 13.6. The van der Waals surface area contributed by atoms with Crippen LogP contribution in [-0.4, -0.2) is 22.1 Å². The minimum absolute atomic E-state index is 0.0509. The summed E-state index contributed by atoms with van der Waals surface area (Å²) in [6.45, 7) is 1.60. The van der Waals surface area contributed by atoms with Crippen LogP contribution in [0.3, 0.4) is 0 Å². The van der Waals surface area contributed by atoms with Crippen LogP contribution < -0.4 is 5.32 Å². The molecule has 2 rings (SSSR count). The van der Waals surface area contributed by atoms with Crippen LogP contribution in [0.2, 0.25) is 0 Å². The van der Waals surface area contributed by atoms with Crippen LogP contribution in [0.4, 0.5) is 10.1 Å². The molecule has 0 atom stereocenters. The molecular formula is C15H12FNO4. The van der Waals surface area contributed by atoms with Crippen LogP contribution in [0.5, 0.6) is 5.75 Å². The number of aromatic hydroxyl groups is 1. The smallest absolute Gasteiger partial charge is 0.338 e. The number of nitrogens with one attached hydrogen (secondary N) is 1. The number of phenols is 1. The molecule has 0 aliphatic rings. The first-order valence-electron chi connectivity index (χ1n) is 6.03. The largest absolute Gasteiger partial charge is 0.508 e. The van der Waals surface area contributed by atoms with E-state index < -0.39 is 17.7 Å². The van der Waals surface area contributed by atoms with Gasteiger partial charge in [-0.15, -0.1) is 0 Å². The molecule has 3 N–H and O–H groups in total. The SMILES string of the molecule is Cc1cccc(NC(=O)c2ccc(O)cc2F)c1C(=O)O. The fourth-order valence-electron chi connectivity index (χ4n) is 1.93. The second kappa shape index (κ2) is 5.62. The van der Waals surface area contributed by atoms with Crippen molar-refractivity contribution in [2.45, 2.75) is 6.92 Å².